The van der Waals surface area contributed by atoms with Crippen molar-refractivity contribution in [2.75, 3.05) is 18.1 Å². The normalized spacial score (nSPS) is 13.9. The molecule has 8 heteroatoms. The molecule has 1 aliphatic heterocycles. The number of amides is 3. The minimum absolute atomic E-state index is 0.124. The Morgan fingerprint density at radius 3 is 2.61 bits per heavy atom. The molecule has 0 fully saturated rings. The van der Waals surface area contributed by atoms with Gasteiger partial charge in [0, 0.05) is 4.90 Å². The Morgan fingerprint density at radius 1 is 1.14 bits per heavy atom. The van der Waals surface area contributed by atoms with E-state index in [1.54, 1.807) is 31.2 Å². The zero-order valence-corrected chi connectivity index (χ0v) is 16.4. The molecule has 7 nitrogen and oxygen atoms in total. The number of para-hydroxylation sites is 2. The molecule has 1 heterocycles. The number of carbonyl (C=O) groups is 3. The molecule has 3 rings (SSSR count). The Bertz CT molecular complexity index is 885. The van der Waals surface area contributed by atoms with Crippen molar-refractivity contribution in [3.05, 3.63) is 54.1 Å². The van der Waals surface area contributed by atoms with Crippen LogP contribution in [-0.2, 0) is 14.4 Å². The molecule has 0 saturated carbocycles. The summed E-state index contributed by atoms with van der Waals surface area (Å²) in [6, 6.07) is 14.8. The zero-order valence-electron chi connectivity index (χ0n) is 15.6. The quantitative estimate of drug-likeness (QED) is 0.594. The predicted octanol–water partition coefficient (Wildman–Crippen LogP) is 2.05. The van der Waals surface area contributed by atoms with Gasteiger partial charge < -0.3 is 4.74 Å². The first-order valence-electron chi connectivity index (χ1n) is 8.78. The summed E-state index contributed by atoms with van der Waals surface area (Å²) in [5.41, 5.74) is 6.46. The van der Waals surface area contributed by atoms with E-state index < -0.39 is 11.2 Å². The van der Waals surface area contributed by atoms with Crippen LogP contribution in [-0.4, -0.2) is 36.1 Å². The lowest BCUT2D eigenvalue weighted by Crippen LogP contribution is -2.51. The van der Waals surface area contributed by atoms with Crippen LogP contribution >= 0.6 is 11.8 Å². The first-order valence-corrected chi connectivity index (χ1v) is 9.66. The largest absolute Gasteiger partial charge is 0.482 e. The van der Waals surface area contributed by atoms with E-state index in [1.165, 1.54) is 16.7 Å². The van der Waals surface area contributed by atoms with Crippen LogP contribution in [0.1, 0.15) is 12.5 Å². The van der Waals surface area contributed by atoms with Gasteiger partial charge in [0.05, 0.1) is 10.9 Å². The van der Waals surface area contributed by atoms with Gasteiger partial charge in [0.25, 0.3) is 17.7 Å². The van der Waals surface area contributed by atoms with Gasteiger partial charge in [-0.1, -0.05) is 29.8 Å². The molecule has 0 aromatic heterocycles. The summed E-state index contributed by atoms with van der Waals surface area (Å²) < 4.78 is 5.35. The van der Waals surface area contributed by atoms with E-state index in [2.05, 4.69) is 10.9 Å². The smallest absolute Gasteiger partial charge is 0.265 e. The third-order valence-electron chi connectivity index (χ3n) is 4.14. The van der Waals surface area contributed by atoms with E-state index in [0.29, 0.717) is 11.4 Å². The topological polar surface area (TPSA) is 87.7 Å². The van der Waals surface area contributed by atoms with E-state index in [4.69, 9.17) is 4.74 Å². The molecule has 0 unspecified atom stereocenters. The van der Waals surface area contributed by atoms with E-state index >= 15 is 0 Å². The van der Waals surface area contributed by atoms with Gasteiger partial charge in [-0.25, -0.2) is 0 Å². The van der Waals surface area contributed by atoms with Crippen LogP contribution in [0.5, 0.6) is 5.75 Å². The average Bonchev–Trinajstić information content (AvgIpc) is 2.70. The molecular formula is C20H21N3O4S. The number of nitrogens with one attached hydrogen (secondary N) is 2. The predicted molar refractivity (Wildman–Crippen MR) is 107 cm³/mol. The molecule has 0 saturated heterocycles. The molecular weight excluding hydrogens is 378 g/mol. The summed E-state index contributed by atoms with van der Waals surface area (Å²) in [6.07, 6.45) is 0. The number of hydrogen-bond donors (Lipinski definition) is 2. The molecule has 0 radical (unpaired) electrons. The molecule has 1 atom stereocenters. The lowest BCUT2D eigenvalue weighted by Gasteiger charge is -2.28. The number of thioether (sulfide) groups is 1. The number of hydrogen-bond acceptors (Lipinski definition) is 5. The molecule has 146 valence electrons. The van der Waals surface area contributed by atoms with Gasteiger partial charge in [-0.3, -0.25) is 30.1 Å². The van der Waals surface area contributed by atoms with Crippen LogP contribution in [0.15, 0.2) is 53.4 Å². The van der Waals surface area contributed by atoms with Gasteiger partial charge in [0.2, 0.25) is 0 Å². The first-order chi connectivity index (χ1) is 13.4. The number of rotatable bonds is 5. The maximum Gasteiger partial charge on any atom is 0.265 e. The summed E-state index contributed by atoms with van der Waals surface area (Å²) in [7, 11) is 0. The average molecular weight is 399 g/mol. The van der Waals surface area contributed by atoms with Crippen LogP contribution in [0.25, 0.3) is 0 Å². The molecule has 1 aliphatic rings. The van der Waals surface area contributed by atoms with Gasteiger partial charge in [0.15, 0.2) is 6.61 Å². The minimum Gasteiger partial charge on any atom is -0.482 e. The summed E-state index contributed by atoms with van der Waals surface area (Å²) in [6.45, 7) is 3.42. The lowest BCUT2D eigenvalue weighted by molar-refractivity contribution is -0.129. The zero-order chi connectivity index (χ0) is 20.1. The Labute approximate surface area is 167 Å². The highest BCUT2D eigenvalue weighted by atomic mass is 32.2. The Kier molecular flexibility index (Phi) is 6.20. The number of ether oxygens (including phenoxy) is 1. The maximum absolute atomic E-state index is 12.2. The Morgan fingerprint density at radius 2 is 1.86 bits per heavy atom. The van der Waals surface area contributed by atoms with Crippen LogP contribution < -0.4 is 20.5 Å². The monoisotopic (exact) mass is 399 g/mol. The second kappa shape index (κ2) is 8.79. The van der Waals surface area contributed by atoms with Gasteiger partial charge in [-0.15, -0.1) is 11.8 Å². The molecule has 3 amide bonds. The Balaban J connectivity index is 1.52. The molecule has 2 aromatic carbocycles. The van der Waals surface area contributed by atoms with Crippen molar-refractivity contribution in [3.8, 4) is 5.75 Å². The van der Waals surface area contributed by atoms with E-state index in [9.17, 15) is 14.4 Å². The number of fused-ring (bicyclic) bond motifs is 1. The fraction of sp³-hybridized carbons (Fsp3) is 0.250. The highest BCUT2D eigenvalue weighted by Gasteiger charge is 2.27. The van der Waals surface area contributed by atoms with Crippen molar-refractivity contribution < 1.29 is 19.1 Å². The fourth-order valence-corrected chi connectivity index (χ4v) is 3.49. The van der Waals surface area contributed by atoms with E-state index in [-0.39, 0.29) is 25.0 Å². The lowest BCUT2D eigenvalue weighted by atomic mass is 10.2. The van der Waals surface area contributed by atoms with Crippen LogP contribution in [0, 0.1) is 6.92 Å². The third kappa shape index (κ3) is 4.83. The molecule has 28 heavy (non-hydrogen) atoms. The van der Waals surface area contributed by atoms with Crippen LogP contribution in [0.3, 0.4) is 0 Å². The highest BCUT2D eigenvalue weighted by Crippen LogP contribution is 2.31. The van der Waals surface area contributed by atoms with Gasteiger partial charge in [-0.05, 0) is 38.1 Å². The molecule has 2 N–H and O–H groups in total. The summed E-state index contributed by atoms with van der Waals surface area (Å²) >= 11 is 1.39. The van der Waals surface area contributed by atoms with Crippen LogP contribution in [0.4, 0.5) is 5.69 Å². The van der Waals surface area contributed by atoms with E-state index in [0.717, 1.165) is 10.5 Å². The summed E-state index contributed by atoms with van der Waals surface area (Å²) in [5.74, 6) is -0.593. The van der Waals surface area contributed by atoms with Crippen LogP contribution in [0.2, 0.25) is 0 Å². The summed E-state index contributed by atoms with van der Waals surface area (Å²) in [4.78, 5) is 38.9. The number of anilines is 1. The number of hydrazine groups is 1. The molecule has 0 spiro atoms. The van der Waals surface area contributed by atoms with Crippen molar-refractivity contribution in [2.45, 2.75) is 24.0 Å². The second-order valence-electron chi connectivity index (χ2n) is 6.35. The summed E-state index contributed by atoms with van der Waals surface area (Å²) in [5, 5.41) is -0.395. The number of carbonyl (C=O) groups excluding carboxylic acids is 3. The minimum atomic E-state index is -0.495. The third-order valence-corrected chi connectivity index (χ3v) is 5.25. The van der Waals surface area contributed by atoms with Crippen molar-refractivity contribution in [2.24, 2.45) is 0 Å². The van der Waals surface area contributed by atoms with Crippen molar-refractivity contribution in [1.82, 2.24) is 10.9 Å². The Hall–Kier alpha value is -3.00. The molecule has 0 aliphatic carbocycles. The SMILES string of the molecule is Cc1ccc(S[C@H](C)C(=O)NNC(=O)CN2C(=O)COc3ccccc32)cc1. The van der Waals surface area contributed by atoms with Gasteiger partial charge >= 0.3 is 0 Å². The fourth-order valence-electron chi connectivity index (χ4n) is 2.62. The van der Waals surface area contributed by atoms with Crippen molar-refractivity contribution in [1.29, 1.82) is 0 Å². The number of nitrogens with zero attached hydrogens (tertiary/aromatic N) is 1. The standard InChI is InChI=1S/C20H21N3O4S/c1-13-7-9-15(10-8-13)28-14(2)20(26)22-21-18(24)11-23-16-5-3-4-6-17(16)27-12-19(23)25/h3-10,14H,11-12H2,1-2H3,(H,21,24)(H,22,26)/t14-/m1/s1. The maximum atomic E-state index is 12.2. The highest BCUT2D eigenvalue weighted by molar-refractivity contribution is 8.00. The van der Waals surface area contributed by atoms with Crippen molar-refractivity contribution in [3.63, 3.8) is 0 Å². The first kappa shape index (κ1) is 19.8. The number of benzene rings is 2. The number of aryl methyl sites for hydroxylation is 1. The van der Waals surface area contributed by atoms with Crippen molar-refractivity contribution >= 4 is 35.2 Å². The molecule has 2 aromatic rings. The second-order valence-corrected chi connectivity index (χ2v) is 7.76. The van der Waals surface area contributed by atoms with Gasteiger partial charge in [0.1, 0.15) is 12.3 Å². The molecule has 0 bridgehead atoms. The van der Waals surface area contributed by atoms with E-state index in [1.807, 2.05) is 31.2 Å². The van der Waals surface area contributed by atoms with Gasteiger partial charge in [-0.2, -0.15) is 0 Å².